The maximum atomic E-state index is 12.8. The molecule has 2 aromatic rings. The van der Waals surface area contributed by atoms with Crippen molar-refractivity contribution in [2.45, 2.75) is 17.7 Å². The van der Waals surface area contributed by atoms with E-state index in [2.05, 4.69) is 0 Å². The van der Waals surface area contributed by atoms with Crippen LogP contribution in [0.15, 0.2) is 47.4 Å². The van der Waals surface area contributed by atoms with E-state index in [0.29, 0.717) is 22.9 Å². The largest absolute Gasteiger partial charge is 0.398 e. The molecule has 0 spiro atoms. The molecule has 6 heteroatoms. The second-order valence-electron chi connectivity index (χ2n) is 4.98. The summed E-state index contributed by atoms with van der Waals surface area (Å²) in [5.74, 6) is 0. The van der Waals surface area contributed by atoms with E-state index in [1.807, 2.05) is 0 Å². The van der Waals surface area contributed by atoms with Crippen molar-refractivity contribution in [1.82, 2.24) is 0 Å². The Morgan fingerprint density at radius 3 is 2.67 bits per heavy atom. The molecule has 4 nitrogen and oxygen atoms in total. The summed E-state index contributed by atoms with van der Waals surface area (Å²) in [6.07, 6.45) is 1.55. The third-order valence-electron chi connectivity index (χ3n) is 3.63. The molecule has 0 bridgehead atoms. The van der Waals surface area contributed by atoms with E-state index in [4.69, 9.17) is 17.3 Å². The Hall–Kier alpha value is -1.72. The lowest BCUT2D eigenvalue weighted by atomic mass is 10.0. The number of rotatable bonds is 2. The molecule has 110 valence electrons. The van der Waals surface area contributed by atoms with E-state index in [1.165, 1.54) is 10.4 Å². The Kier molecular flexibility index (Phi) is 3.55. The van der Waals surface area contributed by atoms with Crippen LogP contribution in [0, 0.1) is 0 Å². The quantitative estimate of drug-likeness (QED) is 0.864. The van der Waals surface area contributed by atoms with Crippen molar-refractivity contribution in [3.8, 4) is 0 Å². The molecule has 0 amide bonds. The van der Waals surface area contributed by atoms with E-state index in [1.54, 1.807) is 36.4 Å². The summed E-state index contributed by atoms with van der Waals surface area (Å²) in [6, 6.07) is 11.7. The summed E-state index contributed by atoms with van der Waals surface area (Å²) in [6.45, 7) is 0.450. The molecule has 1 heterocycles. The lowest BCUT2D eigenvalue weighted by Crippen LogP contribution is -2.35. The first-order chi connectivity index (χ1) is 10.00. The van der Waals surface area contributed by atoms with Crippen LogP contribution in [-0.2, 0) is 16.4 Å². The summed E-state index contributed by atoms with van der Waals surface area (Å²) in [4.78, 5) is 0.199. The number of benzene rings is 2. The SMILES string of the molecule is Nc1cccc2c1CCCN2S(=O)(=O)c1cccc(Cl)c1. The zero-order chi connectivity index (χ0) is 15.0. The second-order valence-corrected chi connectivity index (χ2v) is 7.28. The molecule has 2 N–H and O–H groups in total. The van der Waals surface area contributed by atoms with Gasteiger partial charge in [-0.15, -0.1) is 0 Å². The molecule has 2 aromatic carbocycles. The van der Waals surface area contributed by atoms with Gasteiger partial charge in [0.1, 0.15) is 0 Å². The lowest BCUT2D eigenvalue weighted by Gasteiger charge is -2.31. The van der Waals surface area contributed by atoms with Crippen molar-refractivity contribution >= 4 is 33.0 Å². The molecule has 0 aromatic heterocycles. The van der Waals surface area contributed by atoms with Crippen LogP contribution < -0.4 is 10.0 Å². The molecule has 0 radical (unpaired) electrons. The number of hydrogen-bond acceptors (Lipinski definition) is 3. The molecule has 0 fully saturated rings. The number of sulfonamides is 1. The maximum absolute atomic E-state index is 12.8. The summed E-state index contributed by atoms with van der Waals surface area (Å²) < 4.78 is 27.1. The monoisotopic (exact) mass is 322 g/mol. The van der Waals surface area contributed by atoms with Crippen molar-refractivity contribution in [2.75, 3.05) is 16.6 Å². The lowest BCUT2D eigenvalue weighted by molar-refractivity contribution is 0.586. The van der Waals surface area contributed by atoms with Crippen LogP contribution in [0.2, 0.25) is 5.02 Å². The van der Waals surface area contributed by atoms with Gasteiger partial charge in [0.05, 0.1) is 10.6 Å². The third kappa shape index (κ3) is 2.47. The number of halogens is 1. The Morgan fingerprint density at radius 1 is 1.14 bits per heavy atom. The number of nitrogens with two attached hydrogens (primary N) is 1. The van der Waals surface area contributed by atoms with Gasteiger partial charge in [-0.25, -0.2) is 8.42 Å². The standard InChI is InChI=1S/C15H15ClN2O2S/c16-11-4-1-5-12(10-11)21(19,20)18-9-3-6-13-14(17)7-2-8-15(13)18/h1-2,4-5,7-8,10H,3,6,9,17H2. The first-order valence-electron chi connectivity index (χ1n) is 6.66. The molecule has 0 atom stereocenters. The molecule has 0 saturated carbocycles. The normalized spacial score (nSPS) is 14.8. The number of nitrogens with zero attached hydrogens (tertiary/aromatic N) is 1. The van der Waals surface area contributed by atoms with Crippen LogP contribution >= 0.6 is 11.6 Å². The van der Waals surface area contributed by atoms with Crippen LogP contribution in [0.25, 0.3) is 0 Å². The van der Waals surface area contributed by atoms with Gasteiger partial charge in [0.2, 0.25) is 0 Å². The predicted molar refractivity (Wildman–Crippen MR) is 85.2 cm³/mol. The summed E-state index contributed by atoms with van der Waals surface area (Å²) in [5, 5.41) is 0.404. The minimum atomic E-state index is -3.62. The fraction of sp³-hybridized carbons (Fsp3) is 0.200. The van der Waals surface area contributed by atoms with Gasteiger partial charge in [0.25, 0.3) is 10.0 Å². The van der Waals surface area contributed by atoms with Crippen LogP contribution in [-0.4, -0.2) is 15.0 Å². The highest BCUT2D eigenvalue weighted by atomic mass is 35.5. The van der Waals surface area contributed by atoms with E-state index in [9.17, 15) is 8.42 Å². The van der Waals surface area contributed by atoms with Gasteiger partial charge in [-0.2, -0.15) is 0 Å². The zero-order valence-corrected chi connectivity index (χ0v) is 12.9. The number of fused-ring (bicyclic) bond motifs is 1. The summed E-state index contributed by atoms with van der Waals surface area (Å²) >= 11 is 5.91. The van der Waals surface area contributed by atoms with E-state index >= 15 is 0 Å². The van der Waals surface area contributed by atoms with Gasteiger partial charge in [-0.1, -0.05) is 23.7 Å². The van der Waals surface area contributed by atoms with E-state index in [-0.39, 0.29) is 4.90 Å². The van der Waals surface area contributed by atoms with Gasteiger partial charge in [0.15, 0.2) is 0 Å². The maximum Gasteiger partial charge on any atom is 0.264 e. The van der Waals surface area contributed by atoms with Crippen LogP contribution in [0.4, 0.5) is 11.4 Å². The minimum Gasteiger partial charge on any atom is -0.398 e. The molecule has 0 aliphatic carbocycles. The average Bonchev–Trinajstić information content (AvgIpc) is 2.47. The third-order valence-corrected chi connectivity index (χ3v) is 5.67. The average molecular weight is 323 g/mol. The fourth-order valence-electron chi connectivity index (χ4n) is 2.62. The predicted octanol–water partition coefficient (Wildman–Crippen LogP) is 3.06. The van der Waals surface area contributed by atoms with E-state index in [0.717, 1.165) is 18.4 Å². The topological polar surface area (TPSA) is 63.4 Å². The highest BCUT2D eigenvalue weighted by Gasteiger charge is 2.29. The summed E-state index contributed by atoms with van der Waals surface area (Å²) in [7, 11) is -3.62. The van der Waals surface area contributed by atoms with E-state index < -0.39 is 10.0 Å². The molecular formula is C15H15ClN2O2S. The van der Waals surface area contributed by atoms with Crippen molar-refractivity contribution in [2.24, 2.45) is 0 Å². The van der Waals surface area contributed by atoms with Gasteiger partial charge < -0.3 is 5.73 Å². The van der Waals surface area contributed by atoms with Crippen molar-refractivity contribution < 1.29 is 8.42 Å². The Morgan fingerprint density at radius 2 is 1.90 bits per heavy atom. The minimum absolute atomic E-state index is 0.199. The molecule has 0 unspecified atom stereocenters. The fourth-order valence-corrected chi connectivity index (χ4v) is 4.46. The smallest absolute Gasteiger partial charge is 0.264 e. The summed E-state index contributed by atoms with van der Waals surface area (Å²) in [5.41, 5.74) is 8.17. The van der Waals surface area contributed by atoms with Gasteiger partial charge in [-0.3, -0.25) is 4.31 Å². The molecule has 1 aliphatic heterocycles. The first-order valence-corrected chi connectivity index (χ1v) is 8.47. The van der Waals surface area contributed by atoms with Crippen LogP contribution in [0.1, 0.15) is 12.0 Å². The van der Waals surface area contributed by atoms with Gasteiger partial charge >= 0.3 is 0 Å². The van der Waals surface area contributed by atoms with Crippen molar-refractivity contribution in [3.63, 3.8) is 0 Å². The Balaban J connectivity index is 2.12. The molecule has 3 rings (SSSR count). The molecule has 21 heavy (non-hydrogen) atoms. The zero-order valence-electron chi connectivity index (χ0n) is 11.3. The highest BCUT2D eigenvalue weighted by Crippen LogP contribution is 2.35. The first kappa shape index (κ1) is 14.2. The van der Waals surface area contributed by atoms with Crippen LogP contribution in [0.5, 0.6) is 0 Å². The molecule has 1 aliphatic rings. The molecular weight excluding hydrogens is 308 g/mol. The number of anilines is 2. The highest BCUT2D eigenvalue weighted by molar-refractivity contribution is 7.92. The number of hydrogen-bond donors (Lipinski definition) is 1. The Labute approximate surface area is 129 Å². The van der Waals surface area contributed by atoms with Crippen LogP contribution in [0.3, 0.4) is 0 Å². The second kappa shape index (κ2) is 5.24. The number of nitrogen functional groups attached to an aromatic ring is 1. The molecule has 0 saturated heterocycles. The van der Waals surface area contributed by atoms with Gasteiger partial charge in [0, 0.05) is 17.3 Å². The Bertz CT molecular complexity index is 790. The van der Waals surface area contributed by atoms with Crippen molar-refractivity contribution in [1.29, 1.82) is 0 Å². The van der Waals surface area contributed by atoms with Crippen molar-refractivity contribution in [3.05, 3.63) is 53.1 Å². The van der Waals surface area contributed by atoms with Gasteiger partial charge in [-0.05, 0) is 48.7 Å².